The Kier molecular flexibility index (Phi) is 7.53. The number of nitrogens with zero attached hydrogens (tertiary/aromatic N) is 1. The largest absolute Gasteiger partial charge is 0.462 e. The number of likely N-dealkylation sites (tertiary alicyclic amines) is 1. The van der Waals surface area contributed by atoms with Gasteiger partial charge in [-0.1, -0.05) is 41.4 Å². The van der Waals surface area contributed by atoms with Gasteiger partial charge in [-0.2, -0.15) is 0 Å². The normalized spacial score (nSPS) is 15.1. The fourth-order valence-corrected chi connectivity index (χ4v) is 3.93. The van der Waals surface area contributed by atoms with Crippen LogP contribution in [0.2, 0.25) is 10.0 Å². The van der Waals surface area contributed by atoms with E-state index < -0.39 is 5.97 Å². The van der Waals surface area contributed by atoms with E-state index in [0.717, 1.165) is 38.0 Å². The molecule has 154 valence electrons. The van der Waals surface area contributed by atoms with Crippen LogP contribution in [0, 0.1) is 5.92 Å². The third kappa shape index (κ3) is 5.72. The average Bonchev–Trinajstić information content (AvgIpc) is 2.71. The van der Waals surface area contributed by atoms with E-state index in [9.17, 15) is 9.59 Å². The highest BCUT2D eigenvalue weighted by molar-refractivity contribution is 6.35. The van der Waals surface area contributed by atoms with E-state index in [1.807, 2.05) is 12.1 Å². The number of piperidine rings is 1. The van der Waals surface area contributed by atoms with Crippen molar-refractivity contribution in [2.45, 2.75) is 26.3 Å². The van der Waals surface area contributed by atoms with E-state index in [1.165, 1.54) is 0 Å². The predicted octanol–water partition coefficient (Wildman–Crippen LogP) is 5.02. The maximum atomic E-state index is 12.7. The molecule has 1 aliphatic heterocycles. The van der Waals surface area contributed by atoms with E-state index in [0.29, 0.717) is 21.3 Å². The monoisotopic (exact) mass is 434 g/mol. The molecule has 0 saturated carbocycles. The van der Waals surface area contributed by atoms with Crippen LogP contribution in [-0.4, -0.2) is 36.5 Å². The van der Waals surface area contributed by atoms with Crippen LogP contribution in [0.1, 0.15) is 35.7 Å². The third-order valence-electron chi connectivity index (χ3n) is 5.05. The summed E-state index contributed by atoms with van der Waals surface area (Å²) in [5, 5.41) is 4.19. The molecule has 0 radical (unpaired) electrons. The Morgan fingerprint density at radius 3 is 2.55 bits per heavy atom. The zero-order valence-corrected chi connectivity index (χ0v) is 17.8. The first kappa shape index (κ1) is 21.6. The fourth-order valence-electron chi connectivity index (χ4n) is 3.46. The average molecular weight is 435 g/mol. The van der Waals surface area contributed by atoms with Gasteiger partial charge in [0.1, 0.15) is 0 Å². The Bertz CT molecular complexity index is 880. The van der Waals surface area contributed by atoms with Gasteiger partial charge < -0.3 is 10.1 Å². The summed E-state index contributed by atoms with van der Waals surface area (Å²) in [5.41, 5.74) is 1.89. The number of ether oxygens (including phenoxy) is 1. The molecule has 1 heterocycles. The minimum Gasteiger partial charge on any atom is -0.462 e. The first-order valence-corrected chi connectivity index (χ1v) is 10.5. The van der Waals surface area contributed by atoms with E-state index in [2.05, 4.69) is 10.2 Å². The molecule has 0 atom stereocenters. The van der Waals surface area contributed by atoms with Crippen molar-refractivity contribution in [2.75, 3.05) is 25.0 Å². The number of benzene rings is 2. The molecule has 0 bridgehead atoms. The maximum absolute atomic E-state index is 12.7. The van der Waals surface area contributed by atoms with Crippen LogP contribution >= 0.6 is 23.2 Å². The Morgan fingerprint density at radius 2 is 1.86 bits per heavy atom. The molecule has 29 heavy (non-hydrogen) atoms. The van der Waals surface area contributed by atoms with Crippen molar-refractivity contribution in [1.82, 2.24) is 4.90 Å². The van der Waals surface area contributed by atoms with Crippen LogP contribution in [0.15, 0.2) is 42.5 Å². The predicted molar refractivity (Wildman–Crippen MR) is 115 cm³/mol. The molecule has 0 aromatic heterocycles. The topological polar surface area (TPSA) is 58.6 Å². The van der Waals surface area contributed by atoms with E-state index in [1.54, 1.807) is 37.3 Å². The van der Waals surface area contributed by atoms with Crippen LogP contribution in [0.25, 0.3) is 0 Å². The number of para-hydroxylation sites is 1. The SMILES string of the molecule is CCOC(=O)c1ccccc1NC(=O)C1CCN(Cc2ccc(Cl)cc2Cl)CC1. The van der Waals surface area contributed by atoms with Crippen molar-refractivity contribution in [3.8, 4) is 0 Å². The molecule has 3 rings (SSSR count). The zero-order chi connectivity index (χ0) is 20.8. The lowest BCUT2D eigenvalue weighted by Gasteiger charge is -2.31. The summed E-state index contributed by atoms with van der Waals surface area (Å²) in [5.74, 6) is -0.592. The van der Waals surface area contributed by atoms with Gasteiger partial charge in [0, 0.05) is 22.5 Å². The van der Waals surface area contributed by atoms with Crippen molar-refractivity contribution in [2.24, 2.45) is 5.92 Å². The third-order valence-corrected chi connectivity index (χ3v) is 5.63. The summed E-state index contributed by atoms with van der Waals surface area (Å²) in [6, 6.07) is 12.5. The minimum absolute atomic E-state index is 0.0640. The quantitative estimate of drug-likeness (QED) is 0.648. The first-order valence-electron chi connectivity index (χ1n) is 9.71. The van der Waals surface area contributed by atoms with Gasteiger partial charge in [0.15, 0.2) is 0 Å². The molecule has 1 aliphatic rings. The van der Waals surface area contributed by atoms with Gasteiger partial charge >= 0.3 is 5.97 Å². The maximum Gasteiger partial charge on any atom is 0.340 e. The lowest BCUT2D eigenvalue weighted by Crippen LogP contribution is -2.38. The fraction of sp³-hybridized carbons (Fsp3) is 0.364. The van der Waals surface area contributed by atoms with E-state index in [-0.39, 0.29) is 18.4 Å². The molecule has 2 aromatic carbocycles. The van der Waals surface area contributed by atoms with Gasteiger partial charge in [-0.05, 0) is 62.7 Å². The molecule has 1 saturated heterocycles. The van der Waals surface area contributed by atoms with Gasteiger partial charge in [-0.3, -0.25) is 9.69 Å². The van der Waals surface area contributed by atoms with E-state index in [4.69, 9.17) is 27.9 Å². The second-order valence-electron chi connectivity index (χ2n) is 7.04. The van der Waals surface area contributed by atoms with Crippen molar-refractivity contribution < 1.29 is 14.3 Å². The Labute approximate surface area is 180 Å². The lowest BCUT2D eigenvalue weighted by molar-refractivity contribution is -0.121. The molecule has 7 heteroatoms. The molecule has 0 aliphatic carbocycles. The van der Waals surface area contributed by atoms with E-state index >= 15 is 0 Å². The number of esters is 1. The molecular weight excluding hydrogens is 411 g/mol. The standard InChI is InChI=1S/C22H24Cl2N2O3/c1-2-29-22(28)18-5-3-4-6-20(18)25-21(27)15-9-11-26(12-10-15)14-16-7-8-17(23)13-19(16)24/h3-8,13,15H,2,9-12,14H2,1H3,(H,25,27). The number of rotatable bonds is 6. The van der Waals surface area contributed by atoms with Crippen molar-refractivity contribution in [1.29, 1.82) is 0 Å². The summed E-state index contributed by atoms with van der Waals surface area (Å²) in [4.78, 5) is 27.1. The molecule has 0 unspecified atom stereocenters. The number of hydrogen-bond donors (Lipinski definition) is 1. The summed E-state index contributed by atoms with van der Waals surface area (Å²) in [7, 11) is 0. The Balaban J connectivity index is 1.56. The highest BCUT2D eigenvalue weighted by atomic mass is 35.5. The molecule has 2 aromatic rings. The summed E-state index contributed by atoms with van der Waals surface area (Å²) in [6.45, 7) is 4.38. The van der Waals surface area contributed by atoms with Gasteiger partial charge in [0.05, 0.1) is 17.9 Å². The second kappa shape index (κ2) is 10.1. The summed E-state index contributed by atoms with van der Waals surface area (Å²) < 4.78 is 5.07. The van der Waals surface area contributed by atoms with Crippen LogP contribution in [0.3, 0.4) is 0 Å². The summed E-state index contributed by atoms with van der Waals surface area (Å²) >= 11 is 12.2. The number of halogens is 2. The Morgan fingerprint density at radius 1 is 1.14 bits per heavy atom. The van der Waals surface area contributed by atoms with Gasteiger partial charge in [-0.25, -0.2) is 4.79 Å². The van der Waals surface area contributed by atoms with Crippen LogP contribution in [-0.2, 0) is 16.1 Å². The van der Waals surface area contributed by atoms with Gasteiger partial charge in [0.25, 0.3) is 0 Å². The summed E-state index contributed by atoms with van der Waals surface area (Å²) in [6.07, 6.45) is 1.50. The minimum atomic E-state index is -0.432. The molecule has 5 nitrogen and oxygen atoms in total. The number of carbonyl (C=O) groups excluding carboxylic acids is 2. The number of nitrogens with one attached hydrogen (secondary N) is 1. The highest BCUT2D eigenvalue weighted by Gasteiger charge is 2.26. The van der Waals surface area contributed by atoms with Crippen molar-refractivity contribution >= 4 is 40.8 Å². The smallest absolute Gasteiger partial charge is 0.340 e. The molecule has 1 fully saturated rings. The van der Waals surface area contributed by atoms with Crippen molar-refractivity contribution in [3.63, 3.8) is 0 Å². The van der Waals surface area contributed by atoms with Crippen molar-refractivity contribution in [3.05, 3.63) is 63.6 Å². The van der Waals surface area contributed by atoms with Gasteiger partial charge in [-0.15, -0.1) is 0 Å². The zero-order valence-electron chi connectivity index (χ0n) is 16.3. The molecule has 1 amide bonds. The van der Waals surface area contributed by atoms with Crippen LogP contribution in [0.4, 0.5) is 5.69 Å². The number of anilines is 1. The molecule has 0 spiro atoms. The first-order chi connectivity index (χ1) is 14.0. The number of hydrogen-bond acceptors (Lipinski definition) is 4. The molecular formula is C22H24Cl2N2O3. The van der Waals surface area contributed by atoms with Gasteiger partial charge in [0.2, 0.25) is 5.91 Å². The lowest BCUT2D eigenvalue weighted by atomic mass is 9.95. The number of carbonyl (C=O) groups is 2. The number of amides is 1. The second-order valence-corrected chi connectivity index (χ2v) is 7.89. The van der Waals surface area contributed by atoms with Crippen LogP contribution in [0.5, 0.6) is 0 Å². The molecule has 1 N–H and O–H groups in total. The highest BCUT2D eigenvalue weighted by Crippen LogP contribution is 2.26. The Hall–Kier alpha value is -2.08. The van der Waals surface area contributed by atoms with Crippen LogP contribution < -0.4 is 5.32 Å².